The summed E-state index contributed by atoms with van der Waals surface area (Å²) in [6.07, 6.45) is 3.41. The van der Waals surface area contributed by atoms with Crippen LogP contribution in [-0.2, 0) is 0 Å². The SMILES string of the molecule is C[C@H](O)CN1[C@H](CC2CC(N(C)C)CCN2)CNC[C@@H]1C. The monoisotopic (exact) mass is 298 g/mol. The molecule has 2 unspecified atom stereocenters. The van der Waals surface area contributed by atoms with Crippen LogP contribution in [0.2, 0.25) is 0 Å². The Morgan fingerprint density at radius 2 is 2.10 bits per heavy atom. The van der Waals surface area contributed by atoms with Crippen molar-refractivity contribution >= 4 is 0 Å². The van der Waals surface area contributed by atoms with Crippen LogP contribution >= 0.6 is 0 Å². The maximum atomic E-state index is 9.78. The second kappa shape index (κ2) is 7.88. The van der Waals surface area contributed by atoms with Crippen molar-refractivity contribution in [2.45, 2.75) is 63.4 Å². The van der Waals surface area contributed by atoms with Crippen LogP contribution in [0.25, 0.3) is 0 Å². The van der Waals surface area contributed by atoms with Gasteiger partial charge >= 0.3 is 0 Å². The van der Waals surface area contributed by atoms with E-state index in [1.807, 2.05) is 6.92 Å². The first-order valence-electron chi connectivity index (χ1n) is 8.51. The smallest absolute Gasteiger partial charge is 0.0639 e. The van der Waals surface area contributed by atoms with Crippen LogP contribution in [0, 0.1) is 0 Å². The number of nitrogens with one attached hydrogen (secondary N) is 2. The van der Waals surface area contributed by atoms with E-state index in [4.69, 9.17) is 0 Å². The Morgan fingerprint density at radius 3 is 2.76 bits per heavy atom. The van der Waals surface area contributed by atoms with Crippen LogP contribution in [0.15, 0.2) is 0 Å². The summed E-state index contributed by atoms with van der Waals surface area (Å²) in [5.41, 5.74) is 0. The molecule has 2 aliphatic rings. The third kappa shape index (κ3) is 4.89. The van der Waals surface area contributed by atoms with E-state index in [1.54, 1.807) is 0 Å². The molecule has 0 amide bonds. The summed E-state index contributed by atoms with van der Waals surface area (Å²) in [4.78, 5) is 4.87. The molecule has 0 bridgehead atoms. The molecule has 5 atom stereocenters. The fourth-order valence-electron chi connectivity index (χ4n) is 3.87. The van der Waals surface area contributed by atoms with E-state index in [0.29, 0.717) is 24.2 Å². The van der Waals surface area contributed by atoms with Crippen molar-refractivity contribution in [2.24, 2.45) is 0 Å². The molecule has 0 aromatic rings. The number of aliphatic hydroxyl groups excluding tert-OH is 1. The Kier molecular flexibility index (Phi) is 6.44. The molecule has 124 valence electrons. The fraction of sp³-hybridized carbons (Fsp3) is 1.00. The van der Waals surface area contributed by atoms with Gasteiger partial charge in [-0.15, -0.1) is 0 Å². The first-order valence-corrected chi connectivity index (χ1v) is 8.51. The van der Waals surface area contributed by atoms with Crippen LogP contribution in [0.3, 0.4) is 0 Å². The summed E-state index contributed by atoms with van der Waals surface area (Å²) in [7, 11) is 4.38. The first-order chi connectivity index (χ1) is 9.97. The van der Waals surface area contributed by atoms with Gasteiger partial charge in [0.15, 0.2) is 0 Å². The maximum absolute atomic E-state index is 9.78. The molecule has 2 heterocycles. The molecule has 5 nitrogen and oxygen atoms in total. The van der Waals surface area contributed by atoms with Gasteiger partial charge in [-0.2, -0.15) is 0 Å². The zero-order chi connectivity index (χ0) is 15.4. The van der Waals surface area contributed by atoms with Gasteiger partial charge in [0, 0.05) is 43.8 Å². The highest BCUT2D eigenvalue weighted by Crippen LogP contribution is 2.21. The quantitative estimate of drug-likeness (QED) is 0.672. The van der Waals surface area contributed by atoms with Gasteiger partial charge in [0.1, 0.15) is 0 Å². The van der Waals surface area contributed by atoms with E-state index in [2.05, 4.69) is 41.5 Å². The summed E-state index contributed by atoms with van der Waals surface area (Å²) in [5, 5.41) is 17.0. The highest BCUT2D eigenvalue weighted by Gasteiger charge is 2.32. The molecule has 2 rings (SSSR count). The van der Waals surface area contributed by atoms with Crippen LogP contribution < -0.4 is 10.6 Å². The van der Waals surface area contributed by atoms with Crippen LogP contribution in [-0.4, -0.2) is 85.5 Å². The van der Waals surface area contributed by atoms with Crippen LogP contribution in [0.4, 0.5) is 0 Å². The van der Waals surface area contributed by atoms with Gasteiger partial charge in [-0.05, 0) is 53.8 Å². The minimum absolute atomic E-state index is 0.248. The van der Waals surface area contributed by atoms with Crippen LogP contribution in [0.1, 0.15) is 33.1 Å². The Bertz CT molecular complexity index is 311. The lowest BCUT2D eigenvalue weighted by Crippen LogP contribution is -2.59. The molecule has 0 spiro atoms. The summed E-state index contributed by atoms with van der Waals surface area (Å²) in [6.45, 7) is 8.14. The zero-order valence-electron chi connectivity index (χ0n) is 14.2. The highest BCUT2D eigenvalue weighted by molar-refractivity contribution is 4.91. The van der Waals surface area contributed by atoms with E-state index in [0.717, 1.165) is 26.2 Å². The van der Waals surface area contributed by atoms with Gasteiger partial charge in [-0.3, -0.25) is 4.90 Å². The third-order valence-electron chi connectivity index (χ3n) is 5.08. The summed E-state index contributed by atoms with van der Waals surface area (Å²) < 4.78 is 0. The zero-order valence-corrected chi connectivity index (χ0v) is 14.2. The van der Waals surface area contributed by atoms with Gasteiger partial charge in [0.05, 0.1) is 6.10 Å². The third-order valence-corrected chi connectivity index (χ3v) is 5.08. The summed E-state index contributed by atoms with van der Waals surface area (Å²) >= 11 is 0. The van der Waals surface area contributed by atoms with Crippen molar-refractivity contribution in [1.82, 2.24) is 20.4 Å². The number of piperazine rings is 1. The van der Waals surface area contributed by atoms with Crippen molar-refractivity contribution in [2.75, 3.05) is 40.3 Å². The lowest BCUT2D eigenvalue weighted by Gasteiger charge is -2.44. The standard InChI is InChI=1S/C16H34N4O/c1-12-9-17-10-16(20(12)11-13(2)21)8-14-7-15(19(3)4)5-6-18-14/h12-18,21H,5-11H2,1-4H3/t12-,13-,14?,15?,16+/m0/s1. The molecule has 2 saturated heterocycles. The number of piperidine rings is 1. The lowest BCUT2D eigenvalue weighted by atomic mass is 9.91. The van der Waals surface area contributed by atoms with E-state index in [1.165, 1.54) is 19.3 Å². The molecule has 0 aromatic carbocycles. The fourth-order valence-corrected chi connectivity index (χ4v) is 3.87. The Balaban J connectivity index is 1.92. The molecule has 3 N–H and O–H groups in total. The van der Waals surface area contributed by atoms with E-state index >= 15 is 0 Å². The maximum Gasteiger partial charge on any atom is 0.0639 e. The van der Waals surface area contributed by atoms with Gasteiger partial charge < -0.3 is 20.6 Å². The Morgan fingerprint density at radius 1 is 1.33 bits per heavy atom. The number of aliphatic hydroxyl groups is 1. The largest absolute Gasteiger partial charge is 0.392 e. The number of hydrogen-bond acceptors (Lipinski definition) is 5. The molecule has 21 heavy (non-hydrogen) atoms. The van der Waals surface area contributed by atoms with Crippen molar-refractivity contribution in [3.05, 3.63) is 0 Å². The Labute approximate surface area is 130 Å². The average Bonchev–Trinajstić information content (AvgIpc) is 2.42. The topological polar surface area (TPSA) is 50.8 Å². The molecule has 0 aliphatic carbocycles. The first kappa shape index (κ1) is 17.2. The molecular formula is C16H34N4O. The molecule has 2 aliphatic heterocycles. The second-order valence-corrected chi connectivity index (χ2v) is 7.24. The number of nitrogens with zero attached hydrogens (tertiary/aromatic N) is 2. The minimum Gasteiger partial charge on any atom is -0.392 e. The van der Waals surface area contributed by atoms with Crippen molar-refractivity contribution in [1.29, 1.82) is 0 Å². The van der Waals surface area contributed by atoms with Crippen LogP contribution in [0.5, 0.6) is 0 Å². The Hall–Kier alpha value is -0.200. The normalized spacial score (nSPS) is 36.9. The van der Waals surface area contributed by atoms with Gasteiger partial charge in [0.2, 0.25) is 0 Å². The van der Waals surface area contributed by atoms with E-state index < -0.39 is 0 Å². The molecule has 0 radical (unpaired) electrons. The summed E-state index contributed by atoms with van der Waals surface area (Å²) in [6, 6.07) is 2.34. The number of hydrogen-bond donors (Lipinski definition) is 3. The highest BCUT2D eigenvalue weighted by atomic mass is 16.3. The predicted octanol–water partition coefficient (Wildman–Crippen LogP) is 0.102. The number of rotatable bonds is 5. The van der Waals surface area contributed by atoms with Crippen molar-refractivity contribution in [3.8, 4) is 0 Å². The molecule has 5 heteroatoms. The van der Waals surface area contributed by atoms with Gasteiger partial charge in [-0.25, -0.2) is 0 Å². The lowest BCUT2D eigenvalue weighted by molar-refractivity contribution is 0.0397. The van der Waals surface area contributed by atoms with E-state index in [-0.39, 0.29) is 6.10 Å². The molecule has 0 aromatic heterocycles. The summed E-state index contributed by atoms with van der Waals surface area (Å²) in [5.74, 6) is 0. The molecule has 2 fully saturated rings. The van der Waals surface area contributed by atoms with E-state index in [9.17, 15) is 5.11 Å². The van der Waals surface area contributed by atoms with Crippen molar-refractivity contribution in [3.63, 3.8) is 0 Å². The van der Waals surface area contributed by atoms with Crippen molar-refractivity contribution < 1.29 is 5.11 Å². The predicted molar refractivity (Wildman–Crippen MR) is 87.6 cm³/mol. The van der Waals surface area contributed by atoms with Gasteiger partial charge in [0.25, 0.3) is 0 Å². The van der Waals surface area contributed by atoms with Gasteiger partial charge in [-0.1, -0.05) is 0 Å². The average molecular weight is 298 g/mol. The second-order valence-electron chi connectivity index (χ2n) is 7.24. The molecular weight excluding hydrogens is 264 g/mol. The molecule has 0 saturated carbocycles. The minimum atomic E-state index is -0.248. The number of β-amino-alcohol motifs (C(OH)–C–C–N with tert-alkyl or cyclic N) is 1.